The van der Waals surface area contributed by atoms with Gasteiger partial charge >= 0.3 is 0 Å². The van der Waals surface area contributed by atoms with Gasteiger partial charge in [-0.1, -0.05) is 18.1 Å². The van der Waals surface area contributed by atoms with Gasteiger partial charge in [0.15, 0.2) is 10.7 Å². The maximum absolute atomic E-state index is 13.4. The number of piperidine rings is 1. The third-order valence-electron chi connectivity index (χ3n) is 5.13. The monoisotopic (exact) mass is 437 g/mol. The number of thiophene rings is 1. The first-order valence-corrected chi connectivity index (χ1v) is 12.1. The van der Waals surface area contributed by atoms with E-state index in [-0.39, 0.29) is 35.1 Å². The Morgan fingerprint density at radius 3 is 2.97 bits per heavy atom. The molecule has 7 nitrogen and oxygen atoms in total. The van der Waals surface area contributed by atoms with Gasteiger partial charge in [-0.3, -0.25) is 4.79 Å². The minimum atomic E-state index is -3.82. The van der Waals surface area contributed by atoms with Gasteiger partial charge in [-0.2, -0.15) is 4.31 Å². The lowest BCUT2D eigenvalue weighted by Crippen LogP contribution is -2.47. The van der Waals surface area contributed by atoms with Gasteiger partial charge in [-0.05, 0) is 56.7 Å². The number of sulfonamides is 1. The molecule has 0 saturated carbocycles. The fourth-order valence-corrected chi connectivity index (χ4v) is 5.70. The van der Waals surface area contributed by atoms with Crippen LogP contribution in [0, 0.1) is 12.8 Å². The van der Waals surface area contributed by atoms with E-state index in [1.165, 1.54) is 4.31 Å². The second kappa shape index (κ2) is 9.23. The molecule has 0 unspecified atom stereocenters. The van der Waals surface area contributed by atoms with E-state index in [1.54, 1.807) is 24.3 Å². The largest absolute Gasteiger partial charge is 0.355 e. The average Bonchev–Trinajstić information content (AvgIpc) is 3.36. The number of carbonyl (C=O) groups excluding carboxylic acids is 1. The van der Waals surface area contributed by atoms with Crippen LogP contribution in [-0.4, -0.2) is 42.9 Å². The molecule has 1 fully saturated rings. The van der Waals surface area contributed by atoms with Gasteiger partial charge in [0.25, 0.3) is 0 Å². The molecule has 1 aliphatic heterocycles. The Bertz CT molecular complexity index is 964. The Morgan fingerprint density at radius 2 is 2.28 bits per heavy atom. The first kappa shape index (κ1) is 21.7. The predicted octanol–water partition coefficient (Wildman–Crippen LogP) is 3.53. The van der Waals surface area contributed by atoms with Crippen molar-refractivity contribution in [3.63, 3.8) is 0 Å². The molecule has 1 N–H and O–H groups in total. The Labute approximate surface area is 175 Å². The molecular weight excluding hydrogens is 410 g/mol. The fourth-order valence-electron chi connectivity index (χ4n) is 3.31. The molecule has 29 heavy (non-hydrogen) atoms. The molecule has 0 spiro atoms. The maximum atomic E-state index is 13.4. The van der Waals surface area contributed by atoms with Gasteiger partial charge in [-0.15, -0.1) is 11.3 Å². The van der Waals surface area contributed by atoms with Crippen molar-refractivity contribution in [1.82, 2.24) is 14.8 Å². The fraction of sp³-hybridized carbons (Fsp3) is 0.500. The second-order valence-electron chi connectivity index (χ2n) is 7.33. The lowest BCUT2D eigenvalue weighted by Gasteiger charge is -2.31. The zero-order chi connectivity index (χ0) is 21.0. The van der Waals surface area contributed by atoms with Crippen LogP contribution in [0.3, 0.4) is 0 Å². The van der Waals surface area contributed by atoms with E-state index in [4.69, 9.17) is 4.52 Å². The summed E-state index contributed by atoms with van der Waals surface area (Å²) in [6.45, 7) is 6.12. The third-order valence-corrected chi connectivity index (χ3v) is 7.99. The minimum Gasteiger partial charge on any atom is -0.355 e. The molecule has 1 amide bonds. The van der Waals surface area contributed by atoms with Crippen molar-refractivity contribution in [2.45, 2.75) is 51.0 Å². The van der Waals surface area contributed by atoms with Gasteiger partial charge < -0.3 is 9.84 Å². The molecule has 0 radical (unpaired) electrons. The zero-order valence-electron chi connectivity index (χ0n) is 16.9. The molecule has 0 aliphatic carbocycles. The van der Waals surface area contributed by atoms with E-state index < -0.39 is 10.0 Å². The molecule has 1 aliphatic rings. The van der Waals surface area contributed by atoms with Crippen molar-refractivity contribution in [3.8, 4) is 0 Å². The summed E-state index contributed by atoms with van der Waals surface area (Å²) in [4.78, 5) is 13.6. The topological polar surface area (TPSA) is 92.5 Å². The Morgan fingerprint density at radius 1 is 1.48 bits per heavy atom. The minimum absolute atomic E-state index is 0.0730. The van der Waals surface area contributed by atoms with Crippen molar-refractivity contribution in [1.29, 1.82) is 0 Å². The lowest BCUT2D eigenvalue weighted by molar-refractivity contribution is -0.126. The molecule has 2 aromatic heterocycles. The van der Waals surface area contributed by atoms with E-state index in [1.807, 2.05) is 37.4 Å². The molecule has 0 aromatic carbocycles. The number of amides is 1. The highest BCUT2D eigenvalue weighted by Crippen LogP contribution is 2.29. The van der Waals surface area contributed by atoms with Gasteiger partial charge in [0.2, 0.25) is 15.9 Å². The summed E-state index contributed by atoms with van der Waals surface area (Å²) in [5.41, 5.74) is 0.321. The second-order valence-corrected chi connectivity index (χ2v) is 10.2. The van der Waals surface area contributed by atoms with Crippen molar-refractivity contribution < 1.29 is 17.7 Å². The quantitative estimate of drug-likeness (QED) is 0.715. The lowest BCUT2D eigenvalue weighted by atomic mass is 9.98. The Kier molecular flexibility index (Phi) is 6.92. The molecular formula is C20H27N3O4S2. The number of hydrogen-bond acceptors (Lipinski definition) is 6. The molecule has 0 bridgehead atoms. The first-order chi connectivity index (χ1) is 13.8. The standard InChI is InChI=1S/C20H27N3O4S2/c1-4-14(2)21-20(24)16-7-5-11-23(13-16)29(25,26)19-15(3)22-27-18(19)10-9-17-8-6-12-28-17/h6,8-10,12,14,16H,4-5,7,11,13H2,1-3H3,(H,21,24)/b10-9+/t14-,16+/m0/s1. The molecule has 2 atom stereocenters. The summed E-state index contributed by atoms with van der Waals surface area (Å²) in [7, 11) is -3.82. The average molecular weight is 438 g/mol. The number of aromatic nitrogens is 1. The van der Waals surface area contributed by atoms with Gasteiger partial charge in [0.05, 0.1) is 5.92 Å². The zero-order valence-corrected chi connectivity index (χ0v) is 18.6. The predicted molar refractivity (Wildman–Crippen MR) is 114 cm³/mol. The Balaban J connectivity index is 1.82. The first-order valence-electron chi connectivity index (χ1n) is 9.81. The summed E-state index contributed by atoms with van der Waals surface area (Å²) < 4.78 is 33.4. The van der Waals surface area contributed by atoms with Crippen LogP contribution in [0.25, 0.3) is 12.2 Å². The van der Waals surface area contributed by atoms with Crippen molar-refractivity contribution in [3.05, 3.63) is 33.8 Å². The van der Waals surface area contributed by atoms with Crippen LogP contribution < -0.4 is 5.32 Å². The smallest absolute Gasteiger partial charge is 0.248 e. The Hall–Kier alpha value is -1.97. The summed E-state index contributed by atoms with van der Waals surface area (Å²) in [5, 5.41) is 8.78. The van der Waals surface area contributed by atoms with Crippen molar-refractivity contribution >= 4 is 39.4 Å². The van der Waals surface area contributed by atoms with Crippen molar-refractivity contribution in [2.24, 2.45) is 5.92 Å². The summed E-state index contributed by atoms with van der Waals surface area (Å²) in [6.07, 6.45) is 5.60. The molecule has 9 heteroatoms. The third kappa shape index (κ3) is 4.96. The number of rotatable bonds is 7. The molecule has 158 valence electrons. The number of hydrogen-bond donors (Lipinski definition) is 1. The summed E-state index contributed by atoms with van der Waals surface area (Å²) in [5.74, 6) is -0.223. The summed E-state index contributed by atoms with van der Waals surface area (Å²) >= 11 is 1.55. The van der Waals surface area contributed by atoms with Crippen LogP contribution in [0.5, 0.6) is 0 Å². The van der Waals surface area contributed by atoms with Crippen LogP contribution in [0.2, 0.25) is 0 Å². The van der Waals surface area contributed by atoms with Gasteiger partial charge in [-0.25, -0.2) is 8.42 Å². The normalized spacial score (nSPS) is 19.5. The molecule has 2 aromatic rings. The van der Waals surface area contributed by atoms with E-state index in [2.05, 4.69) is 10.5 Å². The highest BCUT2D eigenvalue weighted by Gasteiger charge is 2.37. The molecule has 1 saturated heterocycles. The molecule has 3 heterocycles. The van der Waals surface area contributed by atoms with Crippen LogP contribution in [0.15, 0.2) is 26.9 Å². The van der Waals surface area contributed by atoms with Crippen LogP contribution in [0.1, 0.15) is 49.4 Å². The van der Waals surface area contributed by atoms with Crippen molar-refractivity contribution in [2.75, 3.05) is 13.1 Å². The summed E-state index contributed by atoms with van der Waals surface area (Å²) in [6, 6.07) is 3.93. The number of nitrogens with one attached hydrogen (secondary N) is 1. The highest BCUT2D eigenvalue weighted by atomic mass is 32.2. The molecule has 3 rings (SSSR count). The van der Waals surface area contributed by atoms with Crippen LogP contribution in [0.4, 0.5) is 0 Å². The SMILES string of the molecule is CC[C@H](C)NC(=O)[C@@H]1CCCN(S(=O)(=O)c2c(C)noc2/C=C/c2cccs2)C1. The highest BCUT2D eigenvalue weighted by molar-refractivity contribution is 7.89. The van der Waals surface area contributed by atoms with Crippen LogP contribution >= 0.6 is 11.3 Å². The number of carbonyl (C=O) groups is 1. The van der Waals surface area contributed by atoms with Gasteiger partial charge in [0, 0.05) is 24.0 Å². The van der Waals surface area contributed by atoms with E-state index in [9.17, 15) is 13.2 Å². The van der Waals surface area contributed by atoms with E-state index in [0.717, 1.165) is 11.3 Å². The number of nitrogens with zero attached hydrogens (tertiary/aromatic N) is 2. The van der Waals surface area contributed by atoms with Gasteiger partial charge in [0.1, 0.15) is 5.69 Å². The maximum Gasteiger partial charge on any atom is 0.248 e. The number of aryl methyl sites for hydroxylation is 1. The van der Waals surface area contributed by atoms with E-state index in [0.29, 0.717) is 25.1 Å². The van der Waals surface area contributed by atoms with Crippen LogP contribution in [-0.2, 0) is 14.8 Å². The van der Waals surface area contributed by atoms with E-state index >= 15 is 0 Å².